The van der Waals surface area contributed by atoms with Gasteiger partial charge in [0.25, 0.3) is 0 Å². The number of esters is 1. The highest BCUT2D eigenvalue weighted by Crippen LogP contribution is 2.43. The molecule has 27 heavy (non-hydrogen) atoms. The molecule has 0 amide bonds. The second-order valence-electron chi connectivity index (χ2n) is 6.99. The summed E-state index contributed by atoms with van der Waals surface area (Å²) in [6, 6.07) is 4.12. The number of carboxylic acids is 1. The number of hydrogen-bond acceptors (Lipinski definition) is 4. The fourth-order valence-corrected chi connectivity index (χ4v) is 4.24. The molecule has 0 aromatic heterocycles. The Balaban J connectivity index is 2.12. The van der Waals surface area contributed by atoms with Crippen LogP contribution in [-0.2, 0) is 14.3 Å². The third kappa shape index (κ3) is 3.76. The zero-order valence-corrected chi connectivity index (χ0v) is 15.9. The van der Waals surface area contributed by atoms with Gasteiger partial charge in [0.1, 0.15) is 17.8 Å². The maximum absolute atomic E-state index is 14.7. The highest BCUT2D eigenvalue weighted by Gasteiger charge is 2.44. The zero-order chi connectivity index (χ0) is 19.7. The Hall–Kier alpha value is -2.21. The van der Waals surface area contributed by atoms with Gasteiger partial charge < -0.3 is 9.84 Å². The normalized spacial score (nSPS) is 23.3. The predicted molar refractivity (Wildman–Crippen MR) is 99.4 cm³/mol. The maximum Gasteiger partial charge on any atom is 0.336 e. The summed E-state index contributed by atoms with van der Waals surface area (Å²) < 4.78 is 20.3. The molecule has 2 aliphatic rings. The van der Waals surface area contributed by atoms with Gasteiger partial charge in [-0.2, -0.15) is 0 Å². The number of carboxylic acid groups (broad SMARTS) is 1. The van der Waals surface area contributed by atoms with Gasteiger partial charge in [-0.05, 0) is 51.7 Å². The van der Waals surface area contributed by atoms with E-state index in [1.165, 1.54) is 18.2 Å². The summed E-state index contributed by atoms with van der Waals surface area (Å²) in [5.41, 5.74) is 0.671. The number of allylic oxidation sites excluding steroid dienone is 1. The Morgan fingerprint density at radius 3 is 2.52 bits per heavy atom. The number of nitrogens with zero attached hydrogens (tertiary/aromatic N) is 1. The molecule has 2 unspecified atom stereocenters. The van der Waals surface area contributed by atoms with Crippen LogP contribution in [0.15, 0.2) is 34.5 Å². The Morgan fingerprint density at radius 2 is 1.93 bits per heavy atom. The molecule has 1 aliphatic carbocycles. The van der Waals surface area contributed by atoms with Gasteiger partial charge in [0.05, 0.1) is 5.57 Å². The van der Waals surface area contributed by atoms with Crippen LogP contribution >= 0.6 is 11.6 Å². The third-order valence-corrected chi connectivity index (χ3v) is 5.53. The van der Waals surface area contributed by atoms with Crippen LogP contribution in [0.25, 0.3) is 0 Å². The predicted octanol–water partition coefficient (Wildman–Crippen LogP) is 4.50. The lowest BCUT2D eigenvalue weighted by Crippen LogP contribution is -2.36. The Labute approximate surface area is 161 Å². The molecule has 1 fully saturated rings. The summed E-state index contributed by atoms with van der Waals surface area (Å²) in [7, 11) is 0. The zero-order valence-electron chi connectivity index (χ0n) is 15.2. The molecule has 5 nitrogen and oxygen atoms in total. The summed E-state index contributed by atoms with van der Waals surface area (Å²) >= 11 is 6.22. The van der Waals surface area contributed by atoms with E-state index < -0.39 is 29.6 Å². The fourth-order valence-electron chi connectivity index (χ4n) is 3.96. The number of aliphatic carboxylic acids is 1. The number of aliphatic imine (C=N–C) groups is 1. The summed E-state index contributed by atoms with van der Waals surface area (Å²) in [6.07, 6.45) is 3.30. The van der Waals surface area contributed by atoms with Gasteiger partial charge in [-0.25, -0.2) is 9.18 Å². The molecular formula is C20H21ClFNO4. The van der Waals surface area contributed by atoms with Crippen molar-refractivity contribution in [3.05, 3.63) is 45.9 Å². The van der Waals surface area contributed by atoms with Gasteiger partial charge >= 0.3 is 11.9 Å². The first-order valence-corrected chi connectivity index (χ1v) is 9.32. The standard InChI is InChI=1S/C20H21ClFNO4/c1-10-15(19(24)25)18(17-13(21)8-5-9-14(17)22)16(11(2)23-10)20(26)27-12-6-3-4-7-12/h5,8-9,12,15,18H,3-4,6-7H2,1-2H3,(H,24,25). The smallest absolute Gasteiger partial charge is 0.336 e. The molecule has 0 spiro atoms. The topological polar surface area (TPSA) is 76.0 Å². The molecule has 2 atom stereocenters. The first-order valence-electron chi connectivity index (χ1n) is 8.95. The first-order chi connectivity index (χ1) is 12.8. The van der Waals surface area contributed by atoms with Crippen LogP contribution in [0.3, 0.4) is 0 Å². The number of rotatable bonds is 4. The molecule has 1 aromatic rings. The van der Waals surface area contributed by atoms with Gasteiger partial charge in [-0.15, -0.1) is 0 Å². The van der Waals surface area contributed by atoms with Crippen LogP contribution in [0.2, 0.25) is 5.02 Å². The summed E-state index contributed by atoms with van der Waals surface area (Å²) in [5.74, 6) is -4.80. The minimum absolute atomic E-state index is 0.0152. The van der Waals surface area contributed by atoms with Crippen molar-refractivity contribution in [1.82, 2.24) is 0 Å². The van der Waals surface area contributed by atoms with Crippen molar-refractivity contribution < 1.29 is 23.8 Å². The van der Waals surface area contributed by atoms with Crippen LogP contribution in [0.5, 0.6) is 0 Å². The number of halogens is 2. The van der Waals surface area contributed by atoms with E-state index in [0.29, 0.717) is 11.4 Å². The van der Waals surface area contributed by atoms with Crippen LogP contribution < -0.4 is 0 Å². The summed E-state index contributed by atoms with van der Waals surface area (Å²) in [6.45, 7) is 3.16. The summed E-state index contributed by atoms with van der Waals surface area (Å²) in [5, 5.41) is 9.84. The Kier molecular flexibility index (Phi) is 5.65. The minimum atomic E-state index is -1.20. The van der Waals surface area contributed by atoms with Crippen LogP contribution in [0.4, 0.5) is 4.39 Å². The highest BCUT2D eigenvalue weighted by molar-refractivity contribution is 6.31. The molecule has 1 heterocycles. The van der Waals surface area contributed by atoms with E-state index in [1.54, 1.807) is 13.8 Å². The lowest BCUT2D eigenvalue weighted by molar-refractivity contribution is -0.145. The van der Waals surface area contributed by atoms with E-state index in [9.17, 15) is 19.1 Å². The maximum atomic E-state index is 14.7. The van der Waals surface area contributed by atoms with Crippen molar-refractivity contribution in [2.75, 3.05) is 0 Å². The van der Waals surface area contributed by atoms with E-state index in [-0.39, 0.29) is 22.3 Å². The monoisotopic (exact) mass is 393 g/mol. The summed E-state index contributed by atoms with van der Waals surface area (Å²) in [4.78, 5) is 29.2. The second kappa shape index (κ2) is 7.80. The molecule has 0 radical (unpaired) electrons. The first kappa shape index (κ1) is 19.5. The van der Waals surface area contributed by atoms with Gasteiger partial charge in [-0.3, -0.25) is 9.79 Å². The molecular weight excluding hydrogens is 373 g/mol. The lowest BCUT2D eigenvalue weighted by atomic mass is 9.75. The van der Waals surface area contributed by atoms with Crippen LogP contribution in [-0.4, -0.2) is 28.9 Å². The molecule has 1 saturated carbocycles. The molecule has 3 rings (SSSR count). The Morgan fingerprint density at radius 1 is 1.26 bits per heavy atom. The van der Waals surface area contributed by atoms with Crippen molar-refractivity contribution in [3.8, 4) is 0 Å². The largest absolute Gasteiger partial charge is 0.481 e. The second-order valence-corrected chi connectivity index (χ2v) is 7.40. The van der Waals surface area contributed by atoms with Gasteiger partial charge in [0.2, 0.25) is 0 Å². The van der Waals surface area contributed by atoms with Crippen LogP contribution in [0.1, 0.15) is 51.0 Å². The quantitative estimate of drug-likeness (QED) is 0.764. The number of ether oxygens (including phenoxy) is 1. The van der Waals surface area contributed by atoms with Gasteiger partial charge in [0.15, 0.2) is 0 Å². The lowest BCUT2D eigenvalue weighted by Gasteiger charge is -2.31. The highest BCUT2D eigenvalue weighted by atomic mass is 35.5. The molecule has 1 aromatic carbocycles. The SMILES string of the molecule is CC1=NC(C)=C(C(=O)OC2CCCC2)C(c2c(F)cccc2Cl)C1C(=O)O. The van der Waals surface area contributed by atoms with Gasteiger partial charge in [-0.1, -0.05) is 17.7 Å². The average molecular weight is 394 g/mol. The molecule has 7 heteroatoms. The van der Waals surface area contributed by atoms with E-state index in [4.69, 9.17) is 16.3 Å². The van der Waals surface area contributed by atoms with Crippen molar-refractivity contribution >= 4 is 29.3 Å². The third-order valence-electron chi connectivity index (χ3n) is 5.20. The molecule has 0 bridgehead atoms. The number of hydrogen-bond donors (Lipinski definition) is 1. The fraction of sp³-hybridized carbons (Fsp3) is 0.450. The van der Waals surface area contributed by atoms with E-state index in [1.807, 2.05) is 0 Å². The van der Waals surface area contributed by atoms with Crippen molar-refractivity contribution in [1.29, 1.82) is 0 Å². The Bertz CT molecular complexity index is 822. The van der Waals surface area contributed by atoms with Gasteiger partial charge in [0, 0.05) is 27.9 Å². The van der Waals surface area contributed by atoms with Crippen molar-refractivity contribution in [2.45, 2.75) is 51.6 Å². The number of carbonyl (C=O) groups excluding carboxylic acids is 1. The van der Waals surface area contributed by atoms with Crippen molar-refractivity contribution in [3.63, 3.8) is 0 Å². The van der Waals surface area contributed by atoms with E-state index in [0.717, 1.165) is 25.7 Å². The molecule has 144 valence electrons. The number of benzene rings is 1. The van der Waals surface area contributed by atoms with Crippen LogP contribution in [0, 0.1) is 11.7 Å². The molecule has 1 N–H and O–H groups in total. The van der Waals surface area contributed by atoms with Crippen molar-refractivity contribution in [2.24, 2.45) is 10.9 Å². The minimum Gasteiger partial charge on any atom is -0.481 e. The van der Waals surface area contributed by atoms with E-state index in [2.05, 4.69) is 4.99 Å². The number of carbonyl (C=O) groups is 2. The molecule has 0 saturated heterocycles. The van der Waals surface area contributed by atoms with E-state index >= 15 is 0 Å². The average Bonchev–Trinajstić information content (AvgIpc) is 3.06. The molecule has 1 aliphatic heterocycles.